The molecule has 6 nitrogen and oxygen atoms in total. The minimum absolute atomic E-state index is 0.307. The number of hydrogen-bond donors (Lipinski definition) is 1. The van der Waals surface area contributed by atoms with E-state index in [0.29, 0.717) is 40.4 Å². The van der Waals surface area contributed by atoms with Crippen molar-refractivity contribution in [3.05, 3.63) is 131 Å². The van der Waals surface area contributed by atoms with Crippen LogP contribution < -0.4 is 14.3 Å². The maximum atomic E-state index is 14.2. The lowest BCUT2D eigenvalue weighted by molar-refractivity contribution is -0.682. The monoisotopic (exact) mass is 506 g/mol. The second-order valence-corrected chi connectivity index (χ2v) is 9.20. The highest BCUT2D eigenvalue weighted by molar-refractivity contribution is 5.74. The Labute approximate surface area is 222 Å². The molecule has 0 fully saturated rings. The predicted octanol–water partition coefficient (Wildman–Crippen LogP) is 5.91. The van der Waals surface area contributed by atoms with Gasteiger partial charge in [0.25, 0.3) is 5.69 Å². The molecule has 1 unspecified atom stereocenters. The van der Waals surface area contributed by atoms with Crippen molar-refractivity contribution in [1.29, 1.82) is 0 Å². The first kappa shape index (κ1) is 25.1. The van der Waals surface area contributed by atoms with Crippen molar-refractivity contribution in [2.75, 3.05) is 14.2 Å². The van der Waals surface area contributed by atoms with Crippen LogP contribution in [-0.4, -0.2) is 24.0 Å². The Balaban J connectivity index is 1.78. The number of methoxy groups -OCH3 is 2. The van der Waals surface area contributed by atoms with Crippen molar-refractivity contribution < 1.29 is 19.4 Å². The quantitative estimate of drug-likeness (QED) is 0.210. The lowest BCUT2D eigenvalue weighted by atomic mass is 9.93. The van der Waals surface area contributed by atoms with Gasteiger partial charge in [0.15, 0.2) is 0 Å². The van der Waals surface area contributed by atoms with Crippen LogP contribution in [0.15, 0.2) is 103 Å². The molecule has 0 bridgehead atoms. The van der Waals surface area contributed by atoms with Crippen molar-refractivity contribution in [3.63, 3.8) is 0 Å². The third kappa shape index (κ3) is 4.86. The maximum absolute atomic E-state index is 14.2. The number of aromatic nitrogens is 2. The first-order chi connectivity index (χ1) is 18.5. The van der Waals surface area contributed by atoms with Crippen LogP contribution in [0.4, 0.5) is 0 Å². The Hall–Kier alpha value is -4.55. The zero-order valence-corrected chi connectivity index (χ0v) is 21.7. The van der Waals surface area contributed by atoms with E-state index in [0.717, 1.165) is 27.3 Å². The summed E-state index contributed by atoms with van der Waals surface area (Å²) in [5, 5.41) is 26.0. The number of hydrogen-bond acceptors (Lipinski definition) is 4. The average Bonchev–Trinajstić information content (AvgIpc) is 3.25. The van der Waals surface area contributed by atoms with Gasteiger partial charge in [0, 0.05) is 5.56 Å². The van der Waals surface area contributed by atoms with Crippen LogP contribution in [-0.2, 0) is 6.54 Å². The van der Waals surface area contributed by atoms with Crippen molar-refractivity contribution in [2.45, 2.75) is 19.6 Å². The summed E-state index contributed by atoms with van der Waals surface area (Å²) in [6.07, 6.45) is -1.03. The van der Waals surface area contributed by atoms with Gasteiger partial charge in [-0.15, -0.1) is 4.68 Å². The van der Waals surface area contributed by atoms with Crippen LogP contribution >= 0.6 is 0 Å². The molecule has 0 aliphatic carbocycles. The molecular formula is C32H30N2O4. The fourth-order valence-electron chi connectivity index (χ4n) is 4.70. The van der Waals surface area contributed by atoms with E-state index in [4.69, 9.17) is 9.47 Å². The van der Waals surface area contributed by atoms with Gasteiger partial charge in [-0.25, -0.2) is 0 Å². The third-order valence-corrected chi connectivity index (χ3v) is 6.75. The van der Waals surface area contributed by atoms with Gasteiger partial charge >= 0.3 is 0 Å². The lowest BCUT2D eigenvalue weighted by Gasteiger charge is -2.13. The third-order valence-electron chi connectivity index (χ3n) is 6.75. The Morgan fingerprint density at radius 2 is 1.32 bits per heavy atom. The maximum Gasteiger partial charge on any atom is 0.258 e. The fraction of sp³-hybridized carbons (Fsp3) is 0.156. The number of aliphatic hydroxyl groups is 1. The molecule has 1 N–H and O–H groups in total. The molecule has 6 heteroatoms. The number of nitrogens with zero attached hydrogens (tertiary/aromatic N) is 2. The van der Waals surface area contributed by atoms with Gasteiger partial charge in [-0.1, -0.05) is 77.1 Å². The van der Waals surface area contributed by atoms with Gasteiger partial charge in [-0.2, -0.15) is 0 Å². The molecule has 4 aromatic carbocycles. The van der Waals surface area contributed by atoms with E-state index < -0.39 is 6.10 Å². The first-order valence-corrected chi connectivity index (χ1v) is 12.4. The summed E-state index contributed by atoms with van der Waals surface area (Å²) in [6, 6.07) is 32.4. The van der Waals surface area contributed by atoms with Crippen molar-refractivity contribution in [3.8, 4) is 34.0 Å². The summed E-state index contributed by atoms with van der Waals surface area (Å²) in [6.45, 7) is 2.33. The highest BCUT2D eigenvalue weighted by Gasteiger charge is 2.34. The number of aliphatic hydroxyl groups excluding tert-OH is 1. The average molecular weight is 507 g/mol. The van der Waals surface area contributed by atoms with Crippen LogP contribution in [0.5, 0.6) is 11.5 Å². The largest absolute Gasteiger partial charge is 0.595 e. The second-order valence-electron chi connectivity index (χ2n) is 9.20. The van der Waals surface area contributed by atoms with Crippen molar-refractivity contribution in [2.24, 2.45) is 0 Å². The summed E-state index contributed by atoms with van der Waals surface area (Å²) in [5.41, 5.74) is 5.89. The zero-order chi connectivity index (χ0) is 26.6. The Morgan fingerprint density at radius 3 is 1.89 bits per heavy atom. The highest BCUT2D eigenvalue weighted by Crippen LogP contribution is 2.39. The lowest BCUT2D eigenvalue weighted by Crippen LogP contribution is -2.39. The highest BCUT2D eigenvalue weighted by atomic mass is 16.5. The summed E-state index contributed by atoms with van der Waals surface area (Å²) < 4.78 is 12.3. The van der Waals surface area contributed by atoms with Gasteiger partial charge in [-0.3, -0.25) is 0 Å². The molecule has 38 heavy (non-hydrogen) atoms. The SMILES string of the molecule is COc1ccc(Cn2c(-c3ccc(C)cc3)c(C(O)c3ccccc3)c(-c3ccc(OC)cc3)[n+]2[O-])cc1. The van der Waals surface area contributed by atoms with Crippen molar-refractivity contribution in [1.82, 2.24) is 4.68 Å². The van der Waals surface area contributed by atoms with Crippen LogP contribution in [0.25, 0.3) is 22.5 Å². The number of rotatable bonds is 8. The van der Waals surface area contributed by atoms with Gasteiger partial charge in [-0.05, 0) is 54.4 Å². The predicted molar refractivity (Wildman–Crippen MR) is 148 cm³/mol. The molecule has 1 heterocycles. The smallest absolute Gasteiger partial charge is 0.258 e. The minimum atomic E-state index is -1.03. The zero-order valence-electron chi connectivity index (χ0n) is 21.7. The molecule has 0 radical (unpaired) electrons. The molecule has 5 rings (SSSR count). The summed E-state index contributed by atoms with van der Waals surface area (Å²) in [5.74, 6) is 1.43. The van der Waals surface area contributed by atoms with E-state index >= 15 is 0 Å². The van der Waals surface area contributed by atoms with E-state index in [1.807, 2.05) is 110 Å². The van der Waals surface area contributed by atoms with Crippen LogP contribution in [0.2, 0.25) is 0 Å². The molecule has 0 spiro atoms. The molecule has 0 saturated heterocycles. The molecule has 0 aliphatic heterocycles. The first-order valence-electron chi connectivity index (χ1n) is 12.4. The normalized spacial score (nSPS) is 11.8. The number of aryl methyl sites for hydroxylation is 1. The van der Waals surface area contributed by atoms with E-state index in [1.54, 1.807) is 18.9 Å². The Bertz CT molecular complexity index is 1510. The van der Waals surface area contributed by atoms with Gasteiger partial charge in [0.05, 0.1) is 25.3 Å². The minimum Gasteiger partial charge on any atom is -0.595 e. The molecule has 1 atom stereocenters. The standard InChI is InChI=1S/C32H30N2O4/c1-22-9-13-24(14-10-22)30-29(32(35)26-7-5-4-6-8-26)31(25-15-19-28(38-3)20-16-25)34(36)33(30)21-23-11-17-27(37-2)18-12-23/h4-20,32,35H,21H2,1-3H3. The molecule has 0 aliphatic rings. The van der Waals surface area contributed by atoms with Gasteiger partial charge in [0.2, 0.25) is 0 Å². The second kappa shape index (κ2) is 10.8. The van der Waals surface area contributed by atoms with Gasteiger partial charge < -0.3 is 19.8 Å². The summed E-state index contributed by atoms with van der Waals surface area (Å²) >= 11 is 0. The molecule has 0 saturated carbocycles. The van der Waals surface area contributed by atoms with E-state index in [-0.39, 0.29) is 0 Å². The molecular weight excluding hydrogens is 476 g/mol. The van der Waals surface area contributed by atoms with Crippen molar-refractivity contribution >= 4 is 0 Å². The van der Waals surface area contributed by atoms with Crippen LogP contribution in [0, 0.1) is 12.1 Å². The Morgan fingerprint density at radius 1 is 0.763 bits per heavy atom. The van der Waals surface area contributed by atoms with E-state index in [1.165, 1.54) is 0 Å². The molecule has 1 aromatic heterocycles. The number of benzene rings is 4. The van der Waals surface area contributed by atoms with Crippen LogP contribution in [0.3, 0.4) is 0 Å². The summed E-state index contributed by atoms with van der Waals surface area (Å²) in [4.78, 5) is 0.905. The topological polar surface area (TPSA) is 70.6 Å². The fourth-order valence-corrected chi connectivity index (χ4v) is 4.70. The molecule has 0 amide bonds. The molecule has 5 aromatic rings. The van der Waals surface area contributed by atoms with E-state index in [9.17, 15) is 10.3 Å². The van der Waals surface area contributed by atoms with Crippen LogP contribution in [0.1, 0.15) is 28.4 Å². The molecule has 192 valence electrons. The van der Waals surface area contributed by atoms with Gasteiger partial charge in [0.1, 0.15) is 29.8 Å². The Kier molecular flexibility index (Phi) is 7.15. The number of ether oxygens (including phenoxy) is 2. The van der Waals surface area contributed by atoms with E-state index in [2.05, 4.69) is 0 Å². The summed E-state index contributed by atoms with van der Waals surface area (Å²) in [7, 11) is 3.23.